The Balaban J connectivity index is 1.81. The van der Waals surface area contributed by atoms with E-state index in [1.54, 1.807) is 39.0 Å². The maximum absolute atomic E-state index is 13.4. The van der Waals surface area contributed by atoms with Crippen LogP contribution in [-0.2, 0) is 14.8 Å². The van der Waals surface area contributed by atoms with Gasteiger partial charge in [0.15, 0.2) is 5.78 Å². The van der Waals surface area contributed by atoms with E-state index in [1.807, 2.05) is 30.3 Å². The van der Waals surface area contributed by atoms with Crippen LogP contribution in [0.15, 0.2) is 77.7 Å². The van der Waals surface area contributed by atoms with Crippen LogP contribution in [0.5, 0.6) is 11.5 Å². The van der Waals surface area contributed by atoms with Crippen LogP contribution in [0, 0.1) is 0 Å². The summed E-state index contributed by atoms with van der Waals surface area (Å²) in [5.74, 6) is 0.531. The summed E-state index contributed by atoms with van der Waals surface area (Å²) in [6, 6.07) is 18.1. The van der Waals surface area contributed by atoms with Crippen molar-refractivity contribution in [2.45, 2.75) is 31.3 Å². The van der Waals surface area contributed by atoms with Gasteiger partial charge >= 0.3 is 6.09 Å². The number of para-hydroxylation sites is 1. The van der Waals surface area contributed by atoms with Crippen molar-refractivity contribution in [3.05, 3.63) is 83.9 Å². The van der Waals surface area contributed by atoms with Gasteiger partial charge in [0.05, 0.1) is 30.3 Å². The molecule has 1 heterocycles. The monoisotopic (exact) mass is 562 g/mol. The van der Waals surface area contributed by atoms with Crippen LogP contribution in [0.2, 0.25) is 0 Å². The van der Waals surface area contributed by atoms with Gasteiger partial charge in [-0.15, -0.1) is 0 Å². The minimum atomic E-state index is -3.87. The van der Waals surface area contributed by atoms with Crippen molar-refractivity contribution in [1.29, 1.82) is 0 Å². The zero-order valence-corrected chi connectivity index (χ0v) is 23.6. The van der Waals surface area contributed by atoms with Gasteiger partial charge in [0.25, 0.3) is 0 Å². The number of methoxy groups -OCH3 is 2. The molecule has 4 aromatic rings. The number of benzene rings is 3. The molecular weight excluding hydrogens is 532 g/mol. The van der Waals surface area contributed by atoms with Gasteiger partial charge in [-0.2, -0.15) is 0 Å². The largest absolute Gasteiger partial charge is 0.496 e. The average molecular weight is 563 g/mol. The molecule has 0 amide bonds. The van der Waals surface area contributed by atoms with Crippen LogP contribution < -0.4 is 14.6 Å². The van der Waals surface area contributed by atoms with Gasteiger partial charge in [0, 0.05) is 28.1 Å². The molecule has 0 radical (unpaired) electrons. The third-order valence-corrected chi connectivity index (χ3v) is 6.93. The zero-order chi connectivity index (χ0) is 29.2. The quantitative estimate of drug-likeness (QED) is 0.228. The Labute approximate surface area is 232 Å². The van der Waals surface area contributed by atoms with E-state index in [1.165, 1.54) is 49.1 Å². The van der Waals surface area contributed by atoms with E-state index in [2.05, 4.69) is 0 Å². The first kappa shape index (κ1) is 28.6. The molecule has 0 unspecified atom stereocenters. The molecule has 0 saturated heterocycles. The number of ether oxygens (including phenoxy) is 3. The second kappa shape index (κ2) is 11.0. The lowest BCUT2D eigenvalue weighted by molar-refractivity contribution is 0.0547. The molecule has 0 aliphatic heterocycles. The number of allylic oxidation sites excluding steroid dienone is 1. The number of nitrogens with two attached hydrogens (primary N) is 1. The van der Waals surface area contributed by atoms with Crippen molar-refractivity contribution in [1.82, 2.24) is 4.57 Å². The smallest absolute Gasteiger partial charge is 0.419 e. The third-order valence-electron chi connectivity index (χ3n) is 6.00. The summed E-state index contributed by atoms with van der Waals surface area (Å²) in [4.78, 5) is 26.1. The molecule has 9 nitrogen and oxygen atoms in total. The molecule has 3 aromatic carbocycles. The predicted octanol–water partition coefficient (Wildman–Crippen LogP) is 5.65. The zero-order valence-electron chi connectivity index (χ0n) is 22.8. The second-order valence-electron chi connectivity index (χ2n) is 9.97. The van der Waals surface area contributed by atoms with E-state index in [4.69, 9.17) is 19.3 Å². The number of aromatic nitrogens is 1. The number of fused-ring (bicyclic) bond motifs is 1. The maximum Gasteiger partial charge on any atom is 0.419 e. The van der Waals surface area contributed by atoms with E-state index < -0.39 is 21.7 Å². The minimum Gasteiger partial charge on any atom is -0.496 e. The first-order valence-electron chi connectivity index (χ1n) is 12.3. The Kier molecular flexibility index (Phi) is 7.86. The number of sulfonamides is 1. The molecule has 0 saturated carbocycles. The lowest BCUT2D eigenvalue weighted by atomic mass is 10.0. The van der Waals surface area contributed by atoms with Crippen molar-refractivity contribution in [2.24, 2.45) is 5.14 Å². The highest BCUT2D eigenvalue weighted by molar-refractivity contribution is 7.89. The van der Waals surface area contributed by atoms with Gasteiger partial charge in [-0.3, -0.25) is 4.79 Å². The summed E-state index contributed by atoms with van der Waals surface area (Å²) >= 11 is 0. The van der Waals surface area contributed by atoms with Crippen LogP contribution in [0.25, 0.3) is 28.2 Å². The third kappa shape index (κ3) is 6.08. The molecule has 0 spiro atoms. The molecule has 10 heteroatoms. The molecule has 0 fully saturated rings. The lowest BCUT2D eigenvalue weighted by Gasteiger charge is -2.21. The van der Waals surface area contributed by atoms with Crippen molar-refractivity contribution < 1.29 is 32.2 Å². The van der Waals surface area contributed by atoms with Crippen LogP contribution in [0.3, 0.4) is 0 Å². The Morgan fingerprint density at radius 2 is 1.55 bits per heavy atom. The molecular formula is C30H30N2O7S. The number of ketones is 1. The minimum absolute atomic E-state index is 0.0881. The summed E-state index contributed by atoms with van der Waals surface area (Å²) in [5, 5.41) is 5.97. The fourth-order valence-corrected chi connectivity index (χ4v) is 4.70. The van der Waals surface area contributed by atoms with E-state index in [9.17, 15) is 18.0 Å². The molecule has 0 aliphatic carbocycles. The summed E-state index contributed by atoms with van der Waals surface area (Å²) in [6.07, 6.45) is 2.39. The van der Waals surface area contributed by atoms with E-state index >= 15 is 0 Å². The fraction of sp³-hybridized carbons (Fsp3) is 0.200. The summed E-state index contributed by atoms with van der Waals surface area (Å²) in [6.45, 7) is 5.39. The maximum atomic E-state index is 13.4. The number of carbonyl (C=O) groups excluding carboxylic acids is 2. The normalized spacial score (nSPS) is 12.1. The number of rotatable bonds is 7. The summed E-state index contributed by atoms with van der Waals surface area (Å²) in [7, 11) is -0.856. The highest BCUT2D eigenvalue weighted by Crippen LogP contribution is 2.39. The van der Waals surface area contributed by atoms with Crippen LogP contribution in [0.1, 0.15) is 36.7 Å². The Hall–Kier alpha value is -4.41. The fourth-order valence-electron chi connectivity index (χ4n) is 4.18. The van der Waals surface area contributed by atoms with Crippen molar-refractivity contribution >= 4 is 38.9 Å². The summed E-state index contributed by atoms with van der Waals surface area (Å²) < 4.78 is 41.5. The molecule has 40 heavy (non-hydrogen) atoms. The van der Waals surface area contributed by atoms with Crippen molar-refractivity contribution in [3.63, 3.8) is 0 Å². The van der Waals surface area contributed by atoms with Gasteiger partial charge in [-0.25, -0.2) is 22.9 Å². The van der Waals surface area contributed by atoms with E-state index in [0.717, 1.165) is 5.39 Å². The Morgan fingerprint density at radius 1 is 0.900 bits per heavy atom. The molecule has 0 bridgehead atoms. The van der Waals surface area contributed by atoms with Crippen molar-refractivity contribution in [2.75, 3.05) is 14.2 Å². The van der Waals surface area contributed by atoms with E-state index in [0.29, 0.717) is 33.8 Å². The van der Waals surface area contributed by atoms with Gasteiger partial charge in [-0.05, 0) is 75.4 Å². The lowest BCUT2D eigenvalue weighted by Crippen LogP contribution is -2.27. The van der Waals surface area contributed by atoms with Crippen LogP contribution in [-0.4, -0.2) is 44.7 Å². The van der Waals surface area contributed by atoms with Crippen molar-refractivity contribution in [3.8, 4) is 22.8 Å². The average Bonchev–Trinajstić information content (AvgIpc) is 3.29. The van der Waals surface area contributed by atoms with Gasteiger partial charge in [0.1, 0.15) is 17.1 Å². The van der Waals surface area contributed by atoms with Gasteiger partial charge < -0.3 is 14.2 Å². The number of hydrogen-bond acceptors (Lipinski definition) is 7. The second-order valence-corrected chi connectivity index (χ2v) is 11.5. The van der Waals surface area contributed by atoms with E-state index in [-0.39, 0.29) is 16.2 Å². The number of hydrogen-bond donors (Lipinski definition) is 1. The number of nitrogens with zero attached hydrogens (tertiary/aromatic N) is 1. The highest BCUT2D eigenvalue weighted by Gasteiger charge is 2.25. The molecule has 0 atom stereocenters. The summed E-state index contributed by atoms with van der Waals surface area (Å²) in [5.41, 5.74) is 1.89. The number of primary sulfonamides is 1. The molecule has 2 N–H and O–H groups in total. The Morgan fingerprint density at radius 3 is 2.15 bits per heavy atom. The predicted molar refractivity (Wildman–Crippen MR) is 153 cm³/mol. The molecule has 0 aliphatic rings. The number of carbonyl (C=O) groups is 2. The topological polar surface area (TPSA) is 127 Å². The van der Waals surface area contributed by atoms with Gasteiger partial charge in [0.2, 0.25) is 10.0 Å². The van der Waals surface area contributed by atoms with Gasteiger partial charge in [-0.1, -0.05) is 18.2 Å². The highest BCUT2D eigenvalue weighted by atomic mass is 32.2. The first-order chi connectivity index (χ1) is 18.8. The SMILES string of the molecule is COc1cc(OC)c(-c2cc3ccccc3n2C(=O)OC(C)(C)C)cc1/C=C/C(=O)c1ccc(S(N)(=O)=O)cc1. The molecule has 4 rings (SSSR count). The van der Waals surface area contributed by atoms with Crippen LogP contribution in [0.4, 0.5) is 4.79 Å². The molecule has 1 aromatic heterocycles. The Bertz CT molecular complexity index is 1730. The standard InChI is InChI=1S/C30H30N2O7S/c1-30(2,3)39-29(34)32-24-9-7-6-8-20(24)17-25(32)23-16-21(27(37-4)18-28(23)38-5)12-15-26(33)19-10-13-22(14-11-19)40(31,35)36/h6-18H,1-5H3,(H2,31,35,36)/b15-12+. The first-order valence-corrected chi connectivity index (χ1v) is 13.8. The molecule has 208 valence electrons. The van der Waals surface area contributed by atoms with Crippen LogP contribution >= 0.6 is 0 Å².